The Kier molecular flexibility index (Phi) is 3.62. The Hall–Kier alpha value is -0.750. The number of fused-ring (bicyclic) bond motifs is 1. The van der Waals surface area contributed by atoms with Crippen molar-refractivity contribution in [3.8, 4) is 0 Å². The molecule has 0 bridgehead atoms. The Balaban J connectivity index is 0.00000112. The number of halogens is 1. The van der Waals surface area contributed by atoms with E-state index in [0.29, 0.717) is 5.75 Å². The molecule has 4 nitrogen and oxygen atoms in total. The van der Waals surface area contributed by atoms with Crippen molar-refractivity contribution in [3.05, 3.63) is 24.4 Å². The predicted molar refractivity (Wildman–Crippen MR) is 62.8 cm³/mol. The summed E-state index contributed by atoms with van der Waals surface area (Å²) < 4.78 is 0. The van der Waals surface area contributed by atoms with Gasteiger partial charge in [-0.3, -0.25) is 9.69 Å². The first-order valence-electron chi connectivity index (χ1n) is 4.17. The van der Waals surface area contributed by atoms with Crippen molar-refractivity contribution in [2.75, 3.05) is 5.75 Å². The fourth-order valence-corrected chi connectivity index (χ4v) is 2.90. The zero-order valence-electron chi connectivity index (χ0n) is 7.75. The van der Waals surface area contributed by atoms with Crippen molar-refractivity contribution >= 4 is 40.6 Å². The molecule has 2 aliphatic heterocycles. The second-order valence-corrected chi connectivity index (χ2v) is 4.24. The molecular formula is C9H10BrNO3S. The summed E-state index contributed by atoms with van der Waals surface area (Å²) in [5.41, 5.74) is 0.108. The molecule has 0 aromatic heterocycles. The highest BCUT2D eigenvalue weighted by atomic mass is 79.9. The van der Waals surface area contributed by atoms with E-state index in [9.17, 15) is 9.59 Å². The summed E-state index contributed by atoms with van der Waals surface area (Å²) in [5.74, 6) is -0.777. The lowest BCUT2D eigenvalue weighted by Gasteiger charge is -2.47. The van der Waals surface area contributed by atoms with Crippen LogP contribution in [-0.4, -0.2) is 33.0 Å². The van der Waals surface area contributed by atoms with E-state index in [1.165, 1.54) is 4.90 Å². The van der Waals surface area contributed by atoms with Crippen LogP contribution in [0.2, 0.25) is 0 Å². The summed E-state index contributed by atoms with van der Waals surface area (Å²) in [6, 6.07) is 0. The van der Waals surface area contributed by atoms with Crippen LogP contribution in [0.4, 0.5) is 0 Å². The van der Waals surface area contributed by atoms with Gasteiger partial charge in [-0.1, -0.05) is 6.08 Å². The number of rotatable bonds is 2. The number of amides is 1. The molecule has 6 heteroatoms. The lowest BCUT2D eigenvalue weighted by molar-refractivity contribution is -0.149. The van der Waals surface area contributed by atoms with Crippen molar-refractivity contribution in [2.45, 2.75) is 5.37 Å². The smallest absolute Gasteiger partial charge is 0.352 e. The van der Waals surface area contributed by atoms with Gasteiger partial charge in [-0.2, -0.15) is 0 Å². The first-order valence-corrected chi connectivity index (χ1v) is 5.22. The van der Waals surface area contributed by atoms with Gasteiger partial charge in [0.2, 0.25) is 5.91 Å². The molecule has 0 aromatic carbocycles. The minimum Gasteiger partial charge on any atom is -0.477 e. The molecule has 0 aromatic rings. The van der Waals surface area contributed by atoms with Gasteiger partial charge in [0, 0.05) is 5.75 Å². The quantitative estimate of drug-likeness (QED) is 0.615. The van der Waals surface area contributed by atoms with Gasteiger partial charge in [-0.25, -0.2) is 4.79 Å². The Morgan fingerprint density at radius 1 is 1.73 bits per heavy atom. The molecular weight excluding hydrogens is 282 g/mol. The summed E-state index contributed by atoms with van der Waals surface area (Å²) in [6.45, 7) is 3.57. The van der Waals surface area contributed by atoms with E-state index < -0.39 is 5.97 Å². The van der Waals surface area contributed by atoms with Crippen molar-refractivity contribution in [1.82, 2.24) is 4.90 Å². The third kappa shape index (κ3) is 1.72. The van der Waals surface area contributed by atoms with Crippen LogP contribution in [0.25, 0.3) is 0 Å². The van der Waals surface area contributed by atoms with Crippen LogP contribution in [0, 0.1) is 5.92 Å². The molecule has 0 aliphatic carbocycles. The molecule has 1 unspecified atom stereocenters. The molecule has 82 valence electrons. The van der Waals surface area contributed by atoms with Gasteiger partial charge in [0.25, 0.3) is 0 Å². The Labute approximate surface area is 102 Å². The van der Waals surface area contributed by atoms with Crippen molar-refractivity contribution in [2.24, 2.45) is 5.92 Å². The average molecular weight is 292 g/mol. The maximum atomic E-state index is 11.5. The fraction of sp³-hybridized carbons (Fsp3) is 0.333. The number of carboxylic acid groups (broad SMARTS) is 1. The van der Waals surface area contributed by atoms with Crippen LogP contribution in [0.1, 0.15) is 0 Å². The number of thioether (sulfide) groups is 1. The fourth-order valence-electron chi connectivity index (χ4n) is 1.65. The number of carbonyl (C=O) groups excluding carboxylic acids is 1. The highest BCUT2D eigenvalue weighted by Gasteiger charge is 2.50. The summed E-state index contributed by atoms with van der Waals surface area (Å²) in [5, 5.41) is 8.78. The lowest BCUT2D eigenvalue weighted by atomic mass is 9.97. The molecule has 0 saturated carbocycles. The third-order valence-corrected chi connectivity index (χ3v) is 3.57. The summed E-state index contributed by atoms with van der Waals surface area (Å²) in [7, 11) is 0. The molecule has 2 heterocycles. The normalized spacial score (nSPS) is 28.1. The zero-order valence-corrected chi connectivity index (χ0v) is 10.3. The average Bonchev–Trinajstić information content (AvgIpc) is 2.16. The third-order valence-electron chi connectivity index (χ3n) is 2.36. The van der Waals surface area contributed by atoms with Gasteiger partial charge in [0.1, 0.15) is 5.70 Å². The van der Waals surface area contributed by atoms with Gasteiger partial charge in [-0.15, -0.1) is 35.3 Å². The maximum Gasteiger partial charge on any atom is 0.352 e. The van der Waals surface area contributed by atoms with Gasteiger partial charge in [0.05, 0.1) is 11.3 Å². The van der Waals surface area contributed by atoms with Crippen molar-refractivity contribution in [3.63, 3.8) is 0 Å². The number of aliphatic carboxylic acids is 1. The monoisotopic (exact) mass is 291 g/mol. The SMILES string of the molecule is Br.C=CC1C(=O)N2C(C(=O)O)=CCS[C@@H]12. The zero-order chi connectivity index (χ0) is 10.3. The van der Waals surface area contributed by atoms with E-state index in [0.717, 1.165) is 0 Å². The Bertz CT molecular complexity index is 355. The van der Waals surface area contributed by atoms with E-state index in [2.05, 4.69) is 6.58 Å². The maximum absolute atomic E-state index is 11.5. The first-order chi connectivity index (χ1) is 6.66. The van der Waals surface area contributed by atoms with E-state index in [1.807, 2.05) is 0 Å². The standard InChI is InChI=1S/C9H9NO3S.BrH/c1-2-5-7(11)10-6(9(12)13)3-4-14-8(5)10;/h2-3,5,8H,1,4H2,(H,12,13);1H/t5?,8-;/m0./s1. The molecule has 1 N–H and O–H groups in total. The minimum absolute atomic E-state index is 0. The molecule has 1 amide bonds. The number of carbonyl (C=O) groups is 2. The van der Waals surface area contributed by atoms with Crippen molar-refractivity contribution in [1.29, 1.82) is 0 Å². The molecule has 1 saturated heterocycles. The highest BCUT2D eigenvalue weighted by Crippen LogP contribution is 2.41. The highest BCUT2D eigenvalue weighted by molar-refractivity contribution is 8.93. The molecule has 2 rings (SSSR count). The van der Waals surface area contributed by atoms with Crippen molar-refractivity contribution < 1.29 is 14.7 Å². The summed E-state index contributed by atoms with van der Waals surface area (Å²) >= 11 is 1.56. The number of hydrogen-bond acceptors (Lipinski definition) is 3. The first kappa shape index (κ1) is 12.3. The second-order valence-electron chi connectivity index (χ2n) is 3.09. The van der Waals surface area contributed by atoms with Crippen LogP contribution in [-0.2, 0) is 9.59 Å². The molecule has 2 atom stereocenters. The van der Waals surface area contributed by atoms with Crippen LogP contribution in [0.15, 0.2) is 24.4 Å². The van der Waals surface area contributed by atoms with E-state index in [4.69, 9.17) is 5.11 Å². The molecule has 15 heavy (non-hydrogen) atoms. The number of β-lactam (4-membered cyclic amide) rings is 1. The van der Waals surface area contributed by atoms with Crippen LogP contribution in [0.3, 0.4) is 0 Å². The van der Waals surface area contributed by atoms with Crippen LogP contribution in [0.5, 0.6) is 0 Å². The Morgan fingerprint density at radius 2 is 2.40 bits per heavy atom. The van der Waals surface area contributed by atoms with E-state index in [1.54, 1.807) is 23.9 Å². The van der Waals surface area contributed by atoms with Gasteiger partial charge in [0.15, 0.2) is 0 Å². The molecule has 0 spiro atoms. The van der Waals surface area contributed by atoms with Crippen LogP contribution >= 0.6 is 28.7 Å². The van der Waals surface area contributed by atoms with E-state index in [-0.39, 0.29) is 39.9 Å². The number of hydrogen-bond donors (Lipinski definition) is 1. The number of carboxylic acids is 1. The van der Waals surface area contributed by atoms with Gasteiger partial charge in [-0.05, 0) is 6.08 Å². The largest absolute Gasteiger partial charge is 0.477 e. The number of nitrogens with zero attached hydrogens (tertiary/aromatic N) is 1. The van der Waals surface area contributed by atoms with Gasteiger partial charge < -0.3 is 5.11 Å². The summed E-state index contributed by atoms with van der Waals surface area (Å²) in [6.07, 6.45) is 3.15. The molecule has 1 fully saturated rings. The lowest BCUT2D eigenvalue weighted by Crippen LogP contribution is -2.59. The molecule has 0 radical (unpaired) electrons. The summed E-state index contributed by atoms with van der Waals surface area (Å²) in [4.78, 5) is 23.6. The minimum atomic E-state index is -1.04. The van der Waals surface area contributed by atoms with Gasteiger partial charge >= 0.3 is 5.97 Å². The molecule has 2 aliphatic rings. The van der Waals surface area contributed by atoms with Crippen LogP contribution < -0.4 is 0 Å². The predicted octanol–water partition coefficient (Wildman–Crippen LogP) is 1.25. The Morgan fingerprint density at radius 3 is 2.93 bits per heavy atom. The topological polar surface area (TPSA) is 57.6 Å². The van der Waals surface area contributed by atoms with E-state index >= 15 is 0 Å². The second kappa shape index (κ2) is 4.40.